The molecule has 2 aliphatic rings. The summed E-state index contributed by atoms with van der Waals surface area (Å²) in [6.45, 7) is 5.63. The molecule has 1 unspecified atom stereocenters. The lowest BCUT2D eigenvalue weighted by Crippen LogP contribution is -2.48. The van der Waals surface area contributed by atoms with E-state index in [9.17, 15) is 4.79 Å². The number of carbonyl (C=O) groups is 1. The molecule has 1 atom stereocenters. The highest BCUT2D eigenvalue weighted by Crippen LogP contribution is 2.36. The monoisotopic (exact) mass is 412 g/mol. The average molecular weight is 413 g/mol. The summed E-state index contributed by atoms with van der Waals surface area (Å²) in [5, 5.41) is 0.931. The molecule has 30 heavy (non-hydrogen) atoms. The number of benzene rings is 1. The van der Waals surface area contributed by atoms with Crippen molar-refractivity contribution in [3.05, 3.63) is 23.9 Å². The number of nitrogens with zero attached hydrogens (tertiary/aromatic N) is 3. The molecule has 2 aromatic rings. The van der Waals surface area contributed by atoms with Gasteiger partial charge in [-0.2, -0.15) is 0 Å². The van der Waals surface area contributed by atoms with Gasteiger partial charge in [0.15, 0.2) is 11.5 Å². The zero-order valence-electron chi connectivity index (χ0n) is 18.2. The number of likely N-dealkylation sites (tertiary alicyclic amines) is 2. The fraction of sp³-hybridized carbons (Fsp3) is 0.565. The summed E-state index contributed by atoms with van der Waals surface area (Å²) in [4.78, 5) is 22.1. The van der Waals surface area contributed by atoms with E-state index in [1.54, 1.807) is 14.2 Å². The maximum Gasteiger partial charge on any atom is 0.239 e. The van der Waals surface area contributed by atoms with Gasteiger partial charge < -0.3 is 20.1 Å². The number of aromatic nitrogens is 1. The maximum atomic E-state index is 12.9. The van der Waals surface area contributed by atoms with E-state index in [2.05, 4.69) is 4.90 Å². The smallest absolute Gasteiger partial charge is 0.239 e. The number of pyridine rings is 1. The summed E-state index contributed by atoms with van der Waals surface area (Å²) in [6, 6.07) is 5.75. The van der Waals surface area contributed by atoms with Crippen molar-refractivity contribution >= 4 is 22.5 Å². The van der Waals surface area contributed by atoms with E-state index in [1.807, 2.05) is 30.0 Å². The van der Waals surface area contributed by atoms with Crippen molar-refractivity contribution in [2.45, 2.75) is 44.6 Å². The first-order chi connectivity index (χ1) is 14.5. The van der Waals surface area contributed by atoms with Crippen LogP contribution in [0.5, 0.6) is 11.5 Å². The Morgan fingerprint density at radius 2 is 1.70 bits per heavy atom. The van der Waals surface area contributed by atoms with Crippen molar-refractivity contribution in [1.29, 1.82) is 0 Å². The van der Waals surface area contributed by atoms with Crippen molar-refractivity contribution in [2.24, 2.45) is 0 Å². The van der Waals surface area contributed by atoms with Gasteiger partial charge in [-0.05, 0) is 57.8 Å². The highest BCUT2D eigenvalue weighted by molar-refractivity contribution is 5.86. The van der Waals surface area contributed by atoms with Crippen LogP contribution in [-0.4, -0.2) is 67.1 Å². The number of nitrogen functional groups attached to an aromatic ring is 1. The zero-order chi connectivity index (χ0) is 21.3. The number of fused-ring (bicyclic) bond motifs is 1. The average Bonchev–Trinajstić information content (AvgIpc) is 3.32. The molecule has 2 fully saturated rings. The lowest BCUT2D eigenvalue weighted by atomic mass is 9.91. The first kappa shape index (κ1) is 20.7. The van der Waals surface area contributed by atoms with Gasteiger partial charge >= 0.3 is 0 Å². The van der Waals surface area contributed by atoms with Gasteiger partial charge in [0, 0.05) is 30.5 Å². The predicted octanol–water partition coefficient (Wildman–Crippen LogP) is 3.02. The summed E-state index contributed by atoms with van der Waals surface area (Å²) in [7, 11) is 3.24. The largest absolute Gasteiger partial charge is 0.493 e. The van der Waals surface area contributed by atoms with E-state index in [-0.39, 0.29) is 17.9 Å². The molecule has 0 aliphatic carbocycles. The van der Waals surface area contributed by atoms with Crippen molar-refractivity contribution < 1.29 is 14.3 Å². The number of anilines is 1. The Kier molecular flexibility index (Phi) is 5.99. The van der Waals surface area contributed by atoms with Gasteiger partial charge in [0.25, 0.3) is 0 Å². The SMILES string of the molecule is COc1cc2cc(N)c(C3CCN(C(=O)C(C)N4CCCC4)CC3)nc2cc1OC. The maximum absolute atomic E-state index is 12.9. The van der Waals surface area contributed by atoms with Gasteiger partial charge in [0.05, 0.1) is 37.2 Å². The minimum absolute atomic E-state index is 0.0182. The minimum Gasteiger partial charge on any atom is -0.493 e. The molecule has 0 bridgehead atoms. The quantitative estimate of drug-likeness (QED) is 0.813. The fourth-order valence-corrected chi connectivity index (χ4v) is 4.78. The molecule has 7 heteroatoms. The summed E-state index contributed by atoms with van der Waals surface area (Å²) < 4.78 is 10.8. The number of ether oxygens (including phenoxy) is 2. The van der Waals surface area contributed by atoms with E-state index in [1.165, 1.54) is 12.8 Å². The normalized spacial score (nSPS) is 19.2. The van der Waals surface area contributed by atoms with Crippen molar-refractivity contribution in [3.8, 4) is 11.5 Å². The fourth-order valence-electron chi connectivity index (χ4n) is 4.78. The van der Waals surface area contributed by atoms with Crippen LogP contribution in [-0.2, 0) is 4.79 Å². The van der Waals surface area contributed by atoms with Crippen LogP contribution >= 0.6 is 0 Å². The molecule has 0 saturated carbocycles. The molecule has 7 nitrogen and oxygen atoms in total. The van der Waals surface area contributed by atoms with Crippen LogP contribution in [0.1, 0.15) is 44.2 Å². The molecule has 2 saturated heterocycles. The minimum atomic E-state index is -0.0182. The number of carbonyl (C=O) groups excluding carboxylic acids is 1. The molecule has 1 aromatic carbocycles. The lowest BCUT2D eigenvalue weighted by molar-refractivity contribution is -0.137. The van der Waals surface area contributed by atoms with Gasteiger partial charge in [-0.1, -0.05) is 0 Å². The number of hydrogen-bond acceptors (Lipinski definition) is 6. The second kappa shape index (κ2) is 8.68. The second-order valence-electron chi connectivity index (χ2n) is 8.38. The summed E-state index contributed by atoms with van der Waals surface area (Å²) in [5.74, 6) is 1.84. The molecule has 1 aromatic heterocycles. The standard InChI is InChI=1S/C23H32N4O3/c1-15(26-8-4-5-9-26)23(28)27-10-6-16(7-11-27)22-18(24)12-17-13-20(29-2)21(30-3)14-19(17)25-22/h12-16H,4-11,24H2,1-3H3. The Labute approximate surface area is 178 Å². The van der Waals surface area contributed by atoms with Crippen molar-refractivity contribution in [1.82, 2.24) is 14.8 Å². The molecule has 2 aliphatic heterocycles. The summed E-state index contributed by atoms with van der Waals surface area (Å²) in [6.07, 6.45) is 4.16. The highest BCUT2D eigenvalue weighted by atomic mass is 16.5. The van der Waals surface area contributed by atoms with Crippen molar-refractivity contribution in [2.75, 3.05) is 46.1 Å². The first-order valence-electron chi connectivity index (χ1n) is 10.9. The molecule has 162 valence electrons. The van der Waals surface area contributed by atoms with Crippen LogP contribution in [0.15, 0.2) is 18.2 Å². The molecular formula is C23H32N4O3. The topological polar surface area (TPSA) is 80.9 Å². The van der Waals surface area contributed by atoms with Crippen molar-refractivity contribution in [3.63, 3.8) is 0 Å². The van der Waals surface area contributed by atoms with Gasteiger partial charge in [-0.25, -0.2) is 0 Å². The lowest BCUT2D eigenvalue weighted by Gasteiger charge is -2.35. The number of hydrogen-bond donors (Lipinski definition) is 1. The zero-order valence-corrected chi connectivity index (χ0v) is 18.2. The van der Waals surface area contributed by atoms with E-state index in [0.29, 0.717) is 17.2 Å². The van der Waals surface area contributed by atoms with Crippen LogP contribution in [0.2, 0.25) is 0 Å². The molecule has 2 N–H and O–H groups in total. The Morgan fingerprint density at radius 3 is 2.33 bits per heavy atom. The highest BCUT2D eigenvalue weighted by Gasteiger charge is 2.31. The van der Waals surface area contributed by atoms with Crippen LogP contribution < -0.4 is 15.2 Å². The van der Waals surface area contributed by atoms with Gasteiger partial charge in [-0.3, -0.25) is 14.7 Å². The molecule has 1 amide bonds. The van der Waals surface area contributed by atoms with Gasteiger partial charge in [0.1, 0.15) is 0 Å². The molecule has 0 spiro atoms. The van der Waals surface area contributed by atoms with Crippen LogP contribution in [0.25, 0.3) is 10.9 Å². The van der Waals surface area contributed by atoms with Gasteiger partial charge in [-0.15, -0.1) is 0 Å². The Balaban J connectivity index is 1.48. The number of amides is 1. The van der Waals surface area contributed by atoms with E-state index in [0.717, 1.165) is 55.6 Å². The first-order valence-corrected chi connectivity index (χ1v) is 10.9. The van der Waals surface area contributed by atoms with E-state index < -0.39 is 0 Å². The summed E-state index contributed by atoms with van der Waals surface area (Å²) in [5.41, 5.74) is 8.85. The predicted molar refractivity (Wildman–Crippen MR) is 118 cm³/mol. The third-order valence-electron chi connectivity index (χ3n) is 6.62. The van der Waals surface area contributed by atoms with Gasteiger partial charge in [0.2, 0.25) is 5.91 Å². The molecular weight excluding hydrogens is 380 g/mol. The van der Waals surface area contributed by atoms with Crippen LogP contribution in [0.3, 0.4) is 0 Å². The summed E-state index contributed by atoms with van der Waals surface area (Å²) >= 11 is 0. The number of nitrogens with two attached hydrogens (primary N) is 1. The number of rotatable bonds is 5. The van der Waals surface area contributed by atoms with E-state index >= 15 is 0 Å². The third-order valence-corrected chi connectivity index (χ3v) is 6.62. The van der Waals surface area contributed by atoms with Crippen LogP contribution in [0.4, 0.5) is 5.69 Å². The molecule has 3 heterocycles. The number of methoxy groups -OCH3 is 2. The van der Waals surface area contributed by atoms with E-state index in [4.69, 9.17) is 20.2 Å². The second-order valence-corrected chi connectivity index (χ2v) is 8.38. The third kappa shape index (κ3) is 3.90. The Hall–Kier alpha value is -2.54. The van der Waals surface area contributed by atoms with Crippen LogP contribution in [0, 0.1) is 0 Å². The Bertz CT molecular complexity index is 918. The Morgan fingerprint density at radius 1 is 1.07 bits per heavy atom. The molecule has 4 rings (SSSR count). The number of piperidine rings is 1. The molecule has 0 radical (unpaired) electrons.